The second-order valence-corrected chi connectivity index (χ2v) is 3.65. The third kappa shape index (κ3) is 3.89. The Labute approximate surface area is 111 Å². The summed E-state index contributed by atoms with van der Waals surface area (Å²) in [6.45, 7) is 3.33. The number of rotatable bonds is 4. The van der Waals surface area contributed by atoms with Crippen LogP contribution in [0.25, 0.3) is 0 Å². The molecule has 0 aliphatic heterocycles. The summed E-state index contributed by atoms with van der Waals surface area (Å²) < 4.78 is 4.95. The van der Waals surface area contributed by atoms with Gasteiger partial charge in [-0.3, -0.25) is 0 Å². The molecule has 19 heavy (non-hydrogen) atoms. The summed E-state index contributed by atoms with van der Waals surface area (Å²) in [5.41, 5.74) is 1.46. The molecule has 0 bridgehead atoms. The first kappa shape index (κ1) is 12.7. The monoisotopic (exact) mass is 252 g/mol. The molecule has 0 N–H and O–H groups in total. The average molecular weight is 252 g/mol. The molecule has 0 heterocycles. The van der Waals surface area contributed by atoms with Gasteiger partial charge in [0.2, 0.25) is 0 Å². The Kier molecular flexibility index (Phi) is 4.18. The number of ether oxygens (including phenoxy) is 1. The zero-order valence-electron chi connectivity index (χ0n) is 10.2. The maximum Gasteiger partial charge on any atom is 0.335 e. The lowest BCUT2D eigenvalue weighted by atomic mass is 10.3. The maximum absolute atomic E-state index is 11.0. The SMILES string of the molecule is C=CC(=O)Oc1ccc(N=Nc2ccccc2)cc1. The van der Waals surface area contributed by atoms with Crippen molar-refractivity contribution in [3.63, 3.8) is 0 Å². The highest BCUT2D eigenvalue weighted by molar-refractivity contribution is 5.83. The van der Waals surface area contributed by atoms with Gasteiger partial charge in [0, 0.05) is 6.08 Å². The van der Waals surface area contributed by atoms with Crippen LogP contribution in [0.2, 0.25) is 0 Å². The summed E-state index contributed by atoms with van der Waals surface area (Å²) in [6, 6.07) is 16.2. The van der Waals surface area contributed by atoms with Crippen LogP contribution in [0.1, 0.15) is 0 Å². The lowest BCUT2D eigenvalue weighted by Crippen LogP contribution is -2.02. The van der Waals surface area contributed by atoms with E-state index in [1.165, 1.54) is 0 Å². The van der Waals surface area contributed by atoms with E-state index in [1.807, 2.05) is 30.3 Å². The van der Waals surface area contributed by atoms with Gasteiger partial charge in [-0.15, -0.1) is 0 Å². The molecule has 0 saturated carbocycles. The molecule has 0 saturated heterocycles. The number of hydrogen-bond donors (Lipinski definition) is 0. The van der Waals surface area contributed by atoms with Crippen LogP contribution in [0.15, 0.2) is 77.5 Å². The van der Waals surface area contributed by atoms with Crippen LogP contribution in [-0.2, 0) is 4.79 Å². The fourth-order valence-corrected chi connectivity index (χ4v) is 1.35. The van der Waals surface area contributed by atoms with Gasteiger partial charge < -0.3 is 4.74 Å². The fourth-order valence-electron chi connectivity index (χ4n) is 1.35. The molecule has 0 atom stereocenters. The molecule has 2 aromatic rings. The topological polar surface area (TPSA) is 51.0 Å². The molecule has 0 amide bonds. The highest BCUT2D eigenvalue weighted by atomic mass is 16.5. The Morgan fingerprint density at radius 3 is 2.11 bits per heavy atom. The molecule has 4 heteroatoms. The predicted octanol–water partition coefficient (Wildman–Crippen LogP) is 4.19. The number of azo groups is 1. The van der Waals surface area contributed by atoms with Crippen LogP contribution in [0, 0.1) is 0 Å². The van der Waals surface area contributed by atoms with Gasteiger partial charge in [-0.1, -0.05) is 24.8 Å². The second-order valence-electron chi connectivity index (χ2n) is 3.65. The fraction of sp³-hybridized carbons (Fsp3) is 0. The van der Waals surface area contributed by atoms with E-state index >= 15 is 0 Å². The molecular weight excluding hydrogens is 240 g/mol. The Hall–Kier alpha value is -2.75. The molecule has 2 rings (SSSR count). The van der Waals surface area contributed by atoms with E-state index in [0.29, 0.717) is 11.4 Å². The average Bonchev–Trinajstić information content (AvgIpc) is 2.47. The summed E-state index contributed by atoms with van der Waals surface area (Å²) in [6.07, 6.45) is 1.11. The summed E-state index contributed by atoms with van der Waals surface area (Å²) in [4.78, 5) is 11.0. The van der Waals surface area contributed by atoms with Crippen molar-refractivity contribution in [1.82, 2.24) is 0 Å². The molecule has 0 aliphatic rings. The van der Waals surface area contributed by atoms with Crippen LogP contribution in [0.3, 0.4) is 0 Å². The van der Waals surface area contributed by atoms with Gasteiger partial charge in [0.05, 0.1) is 11.4 Å². The van der Waals surface area contributed by atoms with Gasteiger partial charge in [0.25, 0.3) is 0 Å². The zero-order chi connectivity index (χ0) is 13.5. The van der Waals surface area contributed by atoms with Crippen molar-refractivity contribution >= 4 is 17.3 Å². The van der Waals surface area contributed by atoms with Crippen LogP contribution in [-0.4, -0.2) is 5.97 Å². The highest BCUT2D eigenvalue weighted by Crippen LogP contribution is 2.21. The first-order valence-corrected chi connectivity index (χ1v) is 5.69. The standard InChI is InChI=1S/C15H12N2O2/c1-2-15(18)19-14-10-8-13(9-11-14)17-16-12-6-4-3-5-7-12/h2-11H,1H2. The van der Waals surface area contributed by atoms with Crippen molar-refractivity contribution in [2.75, 3.05) is 0 Å². The molecule has 94 valence electrons. The van der Waals surface area contributed by atoms with Crippen LogP contribution in [0.5, 0.6) is 5.75 Å². The number of nitrogens with zero attached hydrogens (tertiary/aromatic N) is 2. The van der Waals surface area contributed by atoms with Gasteiger partial charge in [0.1, 0.15) is 5.75 Å². The summed E-state index contributed by atoms with van der Waals surface area (Å²) in [5.74, 6) is -0.0396. The molecule has 2 aromatic carbocycles. The second kappa shape index (κ2) is 6.26. The molecule has 0 unspecified atom stereocenters. The van der Waals surface area contributed by atoms with Crippen molar-refractivity contribution in [3.8, 4) is 5.75 Å². The third-order valence-electron chi connectivity index (χ3n) is 2.26. The lowest BCUT2D eigenvalue weighted by Gasteiger charge is -2.00. The van der Waals surface area contributed by atoms with Crippen molar-refractivity contribution in [1.29, 1.82) is 0 Å². The first-order valence-electron chi connectivity index (χ1n) is 5.69. The van der Waals surface area contributed by atoms with Gasteiger partial charge in [-0.05, 0) is 36.4 Å². The molecule has 4 nitrogen and oxygen atoms in total. The van der Waals surface area contributed by atoms with Gasteiger partial charge in [0.15, 0.2) is 0 Å². The van der Waals surface area contributed by atoms with E-state index in [-0.39, 0.29) is 0 Å². The third-order valence-corrected chi connectivity index (χ3v) is 2.26. The van der Waals surface area contributed by atoms with Crippen LogP contribution < -0.4 is 4.74 Å². The van der Waals surface area contributed by atoms with Crippen LogP contribution in [0.4, 0.5) is 11.4 Å². The number of carbonyl (C=O) groups excluding carboxylic acids is 1. The van der Waals surface area contributed by atoms with Crippen LogP contribution >= 0.6 is 0 Å². The lowest BCUT2D eigenvalue weighted by molar-refractivity contribution is -0.128. The Morgan fingerprint density at radius 2 is 1.53 bits per heavy atom. The van der Waals surface area contributed by atoms with Crippen molar-refractivity contribution in [2.24, 2.45) is 10.2 Å². The summed E-state index contributed by atoms with van der Waals surface area (Å²) in [7, 11) is 0. The molecule has 0 fully saturated rings. The van der Waals surface area contributed by atoms with Gasteiger partial charge in [-0.2, -0.15) is 10.2 Å². The predicted molar refractivity (Wildman–Crippen MR) is 72.9 cm³/mol. The molecule has 0 radical (unpaired) electrons. The number of esters is 1. The number of carbonyl (C=O) groups is 1. The molecule has 0 aliphatic carbocycles. The molecular formula is C15H12N2O2. The summed E-state index contributed by atoms with van der Waals surface area (Å²) in [5, 5.41) is 8.17. The minimum absolute atomic E-state index is 0.448. The Balaban J connectivity index is 2.05. The number of hydrogen-bond acceptors (Lipinski definition) is 4. The minimum Gasteiger partial charge on any atom is -0.423 e. The van der Waals surface area contributed by atoms with E-state index in [1.54, 1.807) is 24.3 Å². The van der Waals surface area contributed by atoms with E-state index < -0.39 is 5.97 Å². The van der Waals surface area contributed by atoms with E-state index in [4.69, 9.17) is 4.74 Å². The smallest absolute Gasteiger partial charge is 0.335 e. The van der Waals surface area contributed by atoms with Gasteiger partial charge >= 0.3 is 5.97 Å². The zero-order valence-corrected chi connectivity index (χ0v) is 10.2. The highest BCUT2D eigenvalue weighted by Gasteiger charge is 1.99. The van der Waals surface area contributed by atoms with Gasteiger partial charge in [-0.25, -0.2) is 4.79 Å². The minimum atomic E-state index is -0.487. The van der Waals surface area contributed by atoms with Crippen molar-refractivity contribution < 1.29 is 9.53 Å². The quantitative estimate of drug-likeness (QED) is 0.354. The first-order chi connectivity index (χ1) is 9.28. The Bertz CT molecular complexity index is 589. The maximum atomic E-state index is 11.0. The Morgan fingerprint density at radius 1 is 0.947 bits per heavy atom. The molecule has 0 spiro atoms. The van der Waals surface area contributed by atoms with E-state index in [2.05, 4.69) is 16.8 Å². The van der Waals surface area contributed by atoms with E-state index in [9.17, 15) is 4.79 Å². The normalized spacial score (nSPS) is 10.3. The van der Waals surface area contributed by atoms with Crippen molar-refractivity contribution in [2.45, 2.75) is 0 Å². The molecule has 0 aromatic heterocycles. The van der Waals surface area contributed by atoms with Crippen molar-refractivity contribution in [3.05, 3.63) is 67.3 Å². The summed E-state index contributed by atoms with van der Waals surface area (Å²) >= 11 is 0. The van der Waals surface area contributed by atoms with E-state index in [0.717, 1.165) is 11.8 Å². The number of benzene rings is 2. The largest absolute Gasteiger partial charge is 0.423 e.